The third-order valence-electron chi connectivity index (χ3n) is 10.4. The minimum atomic E-state index is -1.25. The minimum absolute atomic E-state index is 0.00339. The van der Waals surface area contributed by atoms with Crippen molar-refractivity contribution in [1.82, 2.24) is 5.01 Å². The number of hydrogen-bond acceptors (Lipinski definition) is 15. The fraction of sp³-hybridized carbons (Fsp3) is 0.409. The fourth-order valence-electron chi connectivity index (χ4n) is 7.27. The monoisotopic (exact) mass is 842 g/mol. The van der Waals surface area contributed by atoms with Crippen molar-refractivity contribution in [3.05, 3.63) is 105 Å². The lowest BCUT2D eigenvalue weighted by atomic mass is 9.80. The molecule has 0 aromatic heterocycles. The number of allylic oxidation sites excluding steroid dienone is 4. The maximum atomic E-state index is 13.3. The molecule has 1 aliphatic heterocycles. The Hall–Kier alpha value is -7.72. The average Bonchev–Trinajstić information content (AvgIpc) is 3.61. The number of esters is 2. The van der Waals surface area contributed by atoms with Gasteiger partial charge in [0.25, 0.3) is 11.6 Å². The summed E-state index contributed by atoms with van der Waals surface area (Å²) in [5.74, 6) is -3.68. The number of rotatable bonds is 18. The lowest BCUT2D eigenvalue weighted by Crippen LogP contribution is -2.36. The van der Waals surface area contributed by atoms with Crippen LogP contribution in [0.15, 0.2) is 81.2 Å². The summed E-state index contributed by atoms with van der Waals surface area (Å²) in [6, 6.07) is 10.9. The van der Waals surface area contributed by atoms with Crippen LogP contribution in [0.3, 0.4) is 0 Å². The Labute approximate surface area is 357 Å². The second kappa shape index (κ2) is 21.5. The van der Waals surface area contributed by atoms with Crippen LogP contribution in [-0.2, 0) is 38.1 Å². The third kappa shape index (κ3) is 10.2. The van der Waals surface area contributed by atoms with E-state index in [2.05, 4.69) is 14.8 Å². The summed E-state index contributed by atoms with van der Waals surface area (Å²) >= 11 is 0. The van der Waals surface area contributed by atoms with Gasteiger partial charge in [0.05, 0.1) is 61.4 Å². The number of amides is 1. The predicted molar refractivity (Wildman–Crippen MR) is 218 cm³/mol. The molecule has 0 saturated heterocycles. The van der Waals surface area contributed by atoms with Crippen LogP contribution >= 0.6 is 0 Å². The van der Waals surface area contributed by atoms with Gasteiger partial charge in [0, 0.05) is 17.8 Å². The first-order valence-corrected chi connectivity index (χ1v) is 19.9. The summed E-state index contributed by atoms with van der Waals surface area (Å²) < 4.78 is 21.7. The highest BCUT2D eigenvalue weighted by molar-refractivity contribution is 6.45. The molecule has 1 amide bonds. The fourth-order valence-corrected chi connectivity index (χ4v) is 7.27. The van der Waals surface area contributed by atoms with Gasteiger partial charge in [-0.2, -0.15) is 15.6 Å². The molecule has 2 N–H and O–H groups in total. The van der Waals surface area contributed by atoms with E-state index in [0.717, 1.165) is 37.8 Å². The number of carbonyl (C=O) groups excluding carboxylic acids is 4. The molecule has 5 rings (SSSR count). The van der Waals surface area contributed by atoms with E-state index in [1.165, 1.54) is 17.2 Å². The molecule has 1 saturated carbocycles. The van der Waals surface area contributed by atoms with Crippen LogP contribution in [0, 0.1) is 53.1 Å². The Balaban J connectivity index is 1.08. The highest BCUT2D eigenvalue weighted by Gasteiger charge is 2.45. The highest BCUT2D eigenvalue weighted by atomic mass is 16.6. The molecule has 0 spiro atoms. The first-order valence-electron chi connectivity index (χ1n) is 19.9. The minimum Gasteiger partial charge on any atom is -0.506 e. The lowest BCUT2D eigenvalue weighted by molar-refractivity contribution is -0.150. The van der Waals surface area contributed by atoms with Crippen LogP contribution in [0.4, 0.5) is 5.69 Å². The zero-order valence-corrected chi connectivity index (χ0v) is 33.8. The van der Waals surface area contributed by atoms with Crippen molar-refractivity contribution in [3.8, 4) is 18.2 Å². The van der Waals surface area contributed by atoms with Gasteiger partial charge in [0.1, 0.15) is 55.7 Å². The van der Waals surface area contributed by atoms with E-state index < -0.39 is 35.6 Å². The standard InChI is InChI=1S/C44H42N8O10/c1-4-51(28-12-10-27(11-13-28)39-42(56)41(43(39)57)40-34(26-47)50-52(44(40)58)29-8-6-5-7-9-29)16-18-61-37(54)14-15-38(55)62-21-20-60-36-23-30(32(24-45)48-2)35(59-19-17-53)22-31(36)33(25-46)49-3/h10-13,22-23,29,31,33,53,56H,4-9,14-21H2,1H3/b32-30+,41-40?. The van der Waals surface area contributed by atoms with Crippen LogP contribution in [0.25, 0.3) is 15.3 Å². The number of Topliss-reactive ketones (excluding diaryl/α,β-unsaturated/α-hetero) is 1. The number of aliphatic hydroxyl groups is 2. The van der Waals surface area contributed by atoms with Gasteiger partial charge in [-0.1, -0.05) is 31.4 Å². The predicted octanol–water partition coefficient (Wildman–Crippen LogP) is 4.51. The molecule has 62 heavy (non-hydrogen) atoms. The van der Waals surface area contributed by atoms with Crippen molar-refractivity contribution >= 4 is 40.6 Å². The number of ketones is 1. The van der Waals surface area contributed by atoms with Crippen LogP contribution < -0.4 is 4.90 Å². The molecule has 318 valence electrons. The van der Waals surface area contributed by atoms with Crippen LogP contribution in [0.1, 0.15) is 57.4 Å². The van der Waals surface area contributed by atoms with Gasteiger partial charge in [-0.3, -0.25) is 24.0 Å². The van der Waals surface area contributed by atoms with Crippen LogP contribution in [0.2, 0.25) is 0 Å². The Morgan fingerprint density at radius 1 is 0.968 bits per heavy atom. The van der Waals surface area contributed by atoms with Gasteiger partial charge >= 0.3 is 18.0 Å². The molecule has 1 heterocycles. The normalized spacial score (nSPS) is 19.8. The van der Waals surface area contributed by atoms with Gasteiger partial charge in [-0.05, 0) is 49.6 Å². The van der Waals surface area contributed by atoms with Crippen molar-refractivity contribution in [1.29, 1.82) is 15.8 Å². The highest BCUT2D eigenvalue weighted by Crippen LogP contribution is 2.41. The lowest BCUT2D eigenvalue weighted by Gasteiger charge is -2.28. The second-order valence-electron chi connectivity index (χ2n) is 14.1. The number of nitrogens with zero attached hydrogens (tertiary/aromatic N) is 8. The summed E-state index contributed by atoms with van der Waals surface area (Å²) in [6.07, 6.45) is 6.57. The number of hydrazone groups is 1. The molecule has 18 heteroatoms. The number of nitriles is 3. The van der Waals surface area contributed by atoms with Crippen molar-refractivity contribution in [3.63, 3.8) is 0 Å². The van der Waals surface area contributed by atoms with Gasteiger partial charge < -0.3 is 34.1 Å². The molecule has 3 aliphatic carbocycles. The topological polar surface area (TPSA) is 245 Å². The van der Waals surface area contributed by atoms with Gasteiger partial charge in [0.15, 0.2) is 11.8 Å². The number of benzene rings is 1. The second-order valence-corrected chi connectivity index (χ2v) is 14.1. The average molecular weight is 843 g/mol. The molecule has 1 fully saturated rings. The molecule has 2 atom stereocenters. The van der Waals surface area contributed by atoms with Crippen LogP contribution in [-0.4, -0.2) is 103 Å². The van der Waals surface area contributed by atoms with Crippen molar-refractivity contribution in [2.45, 2.75) is 64.0 Å². The van der Waals surface area contributed by atoms with E-state index in [1.807, 2.05) is 24.0 Å². The molecule has 0 bridgehead atoms. The summed E-state index contributed by atoms with van der Waals surface area (Å²) in [5, 5.41) is 54.3. The van der Waals surface area contributed by atoms with Crippen molar-refractivity contribution < 1.29 is 48.3 Å². The number of carbonyl (C=O) groups is 4. The summed E-state index contributed by atoms with van der Waals surface area (Å²) in [4.78, 5) is 59.9. The molecular weight excluding hydrogens is 801 g/mol. The number of aliphatic hydroxyl groups excluding tert-OH is 2. The SMILES string of the molecule is [C-]#[N+]/C(C#N)=C1\C=C(OCCOC(=O)CCC(=O)OCCN(CC)c2ccc(C3=C(O)C(=C4C(=O)N(C5CCCCC5)N=C4C#N)C3=O)cc2)C(C(C#N)[N+]#[C-])C=C1OCCO. The molecule has 2 unspecified atom stereocenters. The van der Waals surface area contributed by atoms with E-state index in [-0.39, 0.29) is 103 Å². The largest absolute Gasteiger partial charge is 0.506 e. The Morgan fingerprint density at radius 3 is 2.24 bits per heavy atom. The van der Waals surface area contributed by atoms with E-state index in [1.54, 1.807) is 30.3 Å². The first kappa shape index (κ1) is 45.4. The van der Waals surface area contributed by atoms with Gasteiger partial charge in [-0.15, -0.1) is 0 Å². The van der Waals surface area contributed by atoms with E-state index in [9.17, 15) is 45.2 Å². The maximum absolute atomic E-state index is 13.3. The molecular formula is C44H42N8O10. The Morgan fingerprint density at radius 2 is 1.66 bits per heavy atom. The van der Waals surface area contributed by atoms with E-state index in [0.29, 0.717) is 18.7 Å². The Kier molecular flexibility index (Phi) is 15.7. The molecule has 1 aromatic carbocycles. The van der Waals surface area contributed by atoms with Gasteiger partial charge in [-0.25, -0.2) is 21.7 Å². The molecule has 0 radical (unpaired) electrons. The molecule has 4 aliphatic rings. The summed E-state index contributed by atoms with van der Waals surface area (Å²) in [5.41, 5.74) is 0.319. The zero-order valence-electron chi connectivity index (χ0n) is 33.8. The summed E-state index contributed by atoms with van der Waals surface area (Å²) in [7, 11) is 0. The number of likely N-dealkylation sites (N-methyl/N-ethyl adjacent to an activating group) is 1. The zero-order chi connectivity index (χ0) is 44.8. The number of ether oxygens (including phenoxy) is 4. The van der Waals surface area contributed by atoms with E-state index >= 15 is 0 Å². The number of anilines is 1. The summed E-state index contributed by atoms with van der Waals surface area (Å²) in [6.45, 7) is 16.5. The quantitative estimate of drug-likeness (QED) is 0.0679. The van der Waals surface area contributed by atoms with Crippen molar-refractivity contribution in [2.75, 3.05) is 51.0 Å². The maximum Gasteiger partial charge on any atom is 0.320 e. The van der Waals surface area contributed by atoms with Crippen LogP contribution in [0.5, 0.6) is 0 Å². The molecule has 1 aromatic rings. The van der Waals surface area contributed by atoms with Gasteiger partial charge in [0.2, 0.25) is 5.78 Å². The number of hydrogen-bond donors (Lipinski definition) is 2. The third-order valence-corrected chi connectivity index (χ3v) is 10.4. The van der Waals surface area contributed by atoms with E-state index in [4.69, 9.17) is 32.1 Å². The smallest absolute Gasteiger partial charge is 0.320 e. The Bertz CT molecular complexity index is 2340. The first-order chi connectivity index (χ1) is 30.0. The van der Waals surface area contributed by atoms with Crippen molar-refractivity contribution in [2.24, 2.45) is 11.0 Å². The molecule has 18 nitrogen and oxygen atoms in total.